The normalized spacial score (nSPS) is 13.0. The van der Waals surface area contributed by atoms with Crippen molar-refractivity contribution < 1.29 is 27.8 Å². The predicted octanol–water partition coefficient (Wildman–Crippen LogP) is 4.76. The van der Waals surface area contributed by atoms with E-state index in [1.54, 1.807) is 30.5 Å². The molecule has 31 heavy (non-hydrogen) atoms. The number of aromatic amines is 1. The number of halogens is 4. The van der Waals surface area contributed by atoms with Gasteiger partial charge in [0.05, 0.1) is 44.4 Å². The van der Waals surface area contributed by atoms with Crippen molar-refractivity contribution in [3.63, 3.8) is 0 Å². The number of nitrogens with zero attached hydrogens (tertiary/aromatic N) is 2. The molecule has 3 aromatic rings. The fourth-order valence-electron chi connectivity index (χ4n) is 3.34. The van der Waals surface area contributed by atoms with Crippen molar-refractivity contribution in [1.82, 2.24) is 14.8 Å². The van der Waals surface area contributed by atoms with Crippen LogP contribution in [-0.2, 0) is 28.8 Å². The minimum Gasteiger partial charge on any atom is -0.391 e. The molecule has 0 aliphatic carbocycles. The second-order valence-electron chi connectivity index (χ2n) is 7.02. The summed E-state index contributed by atoms with van der Waals surface area (Å²) in [5, 5.41) is 13.9. The van der Waals surface area contributed by atoms with Gasteiger partial charge in [0, 0.05) is 40.6 Å². The van der Waals surface area contributed by atoms with Crippen molar-refractivity contribution in [3.05, 3.63) is 52.9 Å². The highest BCUT2D eigenvalue weighted by molar-refractivity contribution is 6.33. The van der Waals surface area contributed by atoms with Crippen molar-refractivity contribution in [2.45, 2.75) is 32.4 Å². The van der Waals surface area contributed by atoms with E-state index < -0.39 is 18.0 Å². The quantitative estimate of drug-likeness (QED) is 0.454. The average Bonchev–Trinajstić information content (AvgIpc) is 3.29. The van der Waals surface area contributed by atoms with Crippen LogP contribution >= 0.6 is 11.6 Å². The van der Waals surface area contributed by atoms with Gasteiger partial charge in [0.15, 0.2) is 5.69 Å². The molecule has 1 atom stereocenters. The van der Waals surface area contributed by atoms with E-state index in [0.717, 1.165) is 10.9 Å². The van der Waals surface area contributed by atoms with E-state index in [4.69, 9.17) is 21.1 Å². The Morgan fingerprint density at radius 2 is 1.94 bits per heavy atom. The molecule has 0 radical (unpaired) electrons. The summed E-state index contributed by atoms with van der Waals surface area (Å²) in [6.45, 7) is 1.78. The molecular formula is C21H23ClF3N3O3. The van der Waals surface area contributed by atoms with Crippen LogP contribution in [0.25, 0.3) is 22.4 Å². The Morgan fingerprint density at radius 1 is 1.19 bits per heavy atom. The number of nitrogens with one attached hydrogen (secondary N) is 1. The van der Waals surface area contributed by atoms with Gasteiger partial charge in [0.1, 0.15) is 0 Å². The van der Waals surface area contributed by atoms with E-state index in [9.17, 15) is 18.3 Å². The first-order chi connectivity index (χ1) is 14.7. The van der Waals surface area contributed by atoms with Gasteiger partial charge in [-0.1, -0.05) is 29.8 Å². The third-order valence-electron chi connectivity index (χ3n) is 4.64. The summed E-state index contributed by atoms with van der Waals surface area (Å²) in [5.74, 6) is 0. The zero-order valence-electron chi connectivity index (χ0n) is 17.0. The number of hydrogen-bond donors (Lipinski definition) is 2. The Labute approximate surface area is 182 Å². The molecule has 3 rings (SSSR count). The number of H-pyrrole nitrogens is 1. The van der Waals surface area contributed by atoms with E-state index in [-0.39, 0.29) is 31.0 Å². The number of hydrogen-bond acceptors (Lipinski definition) is 4. The van der Waals surface area contributed by atoms with Crippen LogP contribution in [0.3, 0.4) is 0 Å². The van der Waals surface area contributed by atoms with E-state index in [1.165, 1.54) is 14.0 Å². The number of ether oxygens (including phenoxy) is 2. The third-order valence-corrected chi connectivity index (χ3v) is 4.97. The first-order valence-electron chi connectivity index (χ1n) is 9.57. The van der Waals surface area contributed by atoms with Crippen LogP contribution in [0, 0.1) is 0 Å². The smallest absolute Gasteiger partial charge is 0.391 e. The summed E-state index contributed by atoms with van der Waals surface area (Å²) >= 11 is 6.34. The molecule has 2 heterocycles. The molecule has 0 aliphatic rings. The van der Waals surface area contributed by atoms with E-state index in [2.05, 4.69) is 10.1 Å². The highest BCUT2D eigenvalue weighted by atomic mass is 35.5. The number of methoxy groups -OCH3 is 1. The first-order valence-corrected chi connectivity index (χ1v) is 9.95. The highest BCUT2D eigenvalue weighted by Gasteiger charge is 2.39. The van der Waals surface area contributed by atoms with Gasteiger partial charge < -0.3 is 19.6 Å². The number of rotatable bonds is 9. The van der Waals surface area contributed by atoms with Gasteiger partial charge in [0.2, 0.25) is 0 Å². The summed E-state index contributed by atoms with van der Waals surface area (Å²) in [5.41, 5.74) is 0.982. The molecule has 6 nitrogen and oxygen atoms in total. The van der Waals surface area contributed by atoms with E-state index in [1.807, 2.05) is 0 Å². The lowest BCUT2D eigenvalue weighted by Gasteiger charge is -2.15. The van der Waals surface area contributed by atoms with Gasteiger partial charge >= 0.3 is 6.18 Å². The topological polar surface area (TPSA) is 72.3 Å². The lowest BCUT2D eigenvalue weighted by atomic mass is 10.0. The molecule has 0 saturated heterocycles. The molecule has 2 N–H and O–H groups in total. The Hall–Kier alpha value is -2.33. The molecule has 1 aromatic carbocycles. The Morgan fingerprint density at radius 3 is 2.58 bits per heavy atom. The van der Waals surface area contributed by atoms with Crippen molar-refractivity contribution in [1.29, 1.82) is 0 Å². The van der Waals surface area contributed by atoms with Crippen LogP contribution < -0.4 is 0 Å². The zero-order valence-corrected chi connectivity index (χ0v) is 17.8. The SMILES string of the molecule is COCCOCc1c(-c2ccccc2Cl)c[nH]c1-c1cnn(C[C@H](C)O)c1C(F)(F)F. The number of aliphatic hydroxyl groups is 1. The van der Waals surface area contributed by atoms with Gasteiger partial charge in [-0.2, -0.15) is 18.3 Å². The lowest BCUT2D eigenvalue weighted by molar-refractivity contribution is -0.144. The number of alkyl halides is 3. The third kappa shape index (κ3) is 5.30. The minimum atomic E-state index is -4.68. The molecule has 10 heteroatoms. The van der Waals surface area contributed by atoms with Crippen molar-refractivity contribution >= 4 is 11.6 Å². The van der Waals surface area contributed by atoms with Gasteiger partial charge in [-0.15, -0.1) is 0 Å². The van der Waals surface area contributed by atoms with Crippen molar-refractivity contribution in [2.75, 3.05) is 20.3 Å². The van der Waals surface area contributed by atoms with Gasteiger partial charge in [-0.25, -0.2) is 0 Å². The Bertz CT molecular complexity index is 1010. The molecule has 168 valence electrons. The molecule has 0 unspecified atom stereocenters. The number of aromatic nitrogens is 3. The van der Waals surface area contributed by atoms with E-state index in [0.29, 0.717) is 28.3 Å². The summed E-state index contributed by atoms with van der Waals surface area (Å²) in [7, 11) is 1.53. The highest BCUT2D eigenvalue weighted by Crippen LogP contribution is 2.41. The van der Waals surface area contributed by atoms with Crippen LogP contribution in [0.15, 0.2) is 36.7 Å². The minimum absolute atomic E-state index is 0.0433. The van der Waals surface area contributed by atoms with Crippen molar-refractivity contribution in [3.8, 4) is 22.4 Å². The van der Waals surface area contributed by atoms with Crippen LogP contribution in [0.4, 0.5) is 13.2 Å². The zero-order chi connectivity index (χ0) is 22.6. The second kappa shape index (κ2) is 9.86. The molecular weight excluding hydrogens is 435 g/mol. The van der Waals surface area contributed by atoms with Crippen molar-refractivity contribution in [2.24, 2.45) is 0 Å². The molecule has 2 aromatic heterocycles. The second-order valence-corrected chi connectivity index (χ2v) is 7.42. The maximum atomic E-state index is 13.9. The fourth-order valence-corrected chi connectivity index (χ4v) is 3.57. The fraction of sp³-hybridized carbons (Fsp3) is 0.381. The maximum absolute atomic E-state index is 13.9. The molecule has 0 fully saturated rings. The summed E-state index contributed by atoms with van der Waals surface area (Å²) in [6, 6.07) is 7.07. The standard InChI is InChI=1S/C21H23ClF3N3O3/c1-13(29)11-28-20(21(23,24)25)16(10-27-28)19-17(12-31-8-7-30-2)15(9-26-19)14-5-3-4-6-18(14)22/h3-6,9-10,13,26,29H,7-8,11-12H2,1-2H3/t13-/m0/s1. The molecule has 0 aliphatic heterocycles. The van der Waals surface area contributed by atoms with Crippen LogP contribution in [0.5, 0.6) is 0 Å². The monoisotopic (exact) mass is 457 g/mol. The number of aliphatic hydroxyl groups excluding tert-OH is 1. The lowest BCUT2D eigenvalue weighted by Crippen LogP contribution is -2.21. The first kappa shape index (κ1) is 23.3. The molecule has 0 spiro atoms. The van der Waals surface area contributed by atoms with Crippen LogP contribution in [0.1, 0.15) is 18.2 Å². The van der Waals surface area contributed by atoms with Crippen LogP contribution in [-0.4, -0.2) is 46.3 Å². The van der Waals surface area contributed by atoms with Gasteiger partial charge in [-0.05, 0) is 13.0 Å². The average molecular weight is 458 g/mol. The Balaban J connectivity index is 2.13. The largest absolute Gasteiger partial charge is 0.433 e. The summed E-state index contributed by atoms with van der Waals surface area (Å²) in [4.78, 5) is 2.95. The number of benzene rings is 1. The molecule has 0 saturated carbocycles. The summed E-state index contributed by atoms with van der Waals surface area (Å²) in [6.07, 6.45) is -2.91. The van der Waals surface area contributed by atoms with Gasteiger partial charge in [0.25, 0.3) is 0 Å². The van der Waals surface area contributed by atoms with Crippen LogP contribution in [0.2, 0.25) is 5.02 Å². The Kier molecular flexibility index (Phi) is 7.42. The maximum Gasteiger partial charge on any atom is 0.433 e. The van der Waals surface area contributed by atoms with E-state index >= 15 is 0 Å². The molecule has 0 bridgehead atoms. The predicted molar refractivity (Wildman–Crippen MR) is 111 cm³/mol. The molecule has 0 amide bonds. The van der Waals surface area contributed by atoms with Gasteiger partial charge in [-0.3, -0.25) is 4.68 Å². The summed E-state index contributed by atoms with van der Waals surface area (Å²) < 4.78 is 53.2.